The molecule has 2 fully saturated rings. The molecule has 0 radical (unpaired) electrons. The van der Waals surface area contributed by atoms with E-state index in [2.05, 4.69) is 9.97 Å². The third-order valence-corrected chi connectivity index (χ3v) is 7.92. The highest BCUT2D eigenvalue weighted by atomic mass is 19.3. The Morgan fingerprint density at radius 2 is 1.28 bits per heavy atom. The molecule has 2 aliphatic heterocycles. The number of rotatable bonds is 7. The Balaban J connectivity index is 0.000000267. The van der Waals surface area contributed by atoms with E-state index in [0.29, 0.717) is 9.13 Å². The molecular formula is C27H38F4N6O10. The number of anilines is 2. The zero-order chi connectivity index (χ0) is 35.8. The number of nitrogens with zero attached hydrogens (tertiary/aromatic N) is 4. The van der Waals surface area contributed by atoms with Crippen molar-refractivity contribution in [2.45, 2.75) is 76.7 Å². The predicted octanol–water partition coefficient (Wildman–Crippen LogP) is 0.658. The lowest BCUT2D eigenvalue weighted by Gasteiger charge is -2.32. The Hall–Kier alpha value is -3.85. The largest absolute Gasteiger partial charge is 0.508 e. The van der Waals surface area contributed by atoms with Gasteiger partial charge in [0.05, 0.1) is 36.8 Å². The lowest BCUT2D eigenvalue weighted by molar-refractivity contribution is -0.155. The summed E-state index contributed by atoms with van der Waals surface area (Å²) >= 11 is 0. The Morgan fingerprint density at radius 1 is 0.872 bits per heavy atom. The van der Waals surface area contributed by atoms with E-state index in [0.717, 1.165) is 26.2 Å². The average Bonchev–Trinajstić information content (AvgIpc) is 3.29. The maximum absolute atomic E-state index is 15.0. The molecule has 0 bridgehead atoms. The van der Waals surface area contributed by atoms with Gasteiger partial charge in [-0.25, -0.2) is 31.9 Å². The minimum absolute atomic E-state index is 0.101. The molecule has 2 saturated heterocycles. The predicted molar refractivity (Wildman–Crippen MR) is 153 cm³/mol. The van der Waals surface area contributed by atoms with Gasteiger partial charge in [-0.15, -0.1) is 0 Å². The second-order valence-corrected chi connectivity index (χ2v) is 12.4. The summed E-state index contributed by atoms with van der Waals surface area (Å²) in [4.78, 5) is 42.0. The number of aliphatic hydroxyl groups is 3. The highest BCUT2D eigenvalue weighted by Gasteiger charge is 2.68. The number of carbonyl (C=O) groups excluding carboxylic acids is 1. The maximum Gasteiger partial charge on any atom is 0.508 e. The minimum Gasteiger partial charge on any atom is -0.431 e. The number of nitrogen functional groups attached to an aromatic ring is 2. The second kappa shape index (κ2) is 13.3. The Morgan fingerprint density at radius 3 is 1.62 bits per heavy atom. The molecule has 6 atom stereocenters. The second-order valence-electron chi connectivity index (χ2n) is 12.4. The van der Waals surface area contributed by atoms with Gasteiger partial charge in [0.15, 0.2) is 0 Å². The number of hydrogen-bond donors (Lipinski definition) is 5. The van der Waals surface area contributed by atoms with Crippen LogP contribution >= 0.6 is 0 Å². The smallest absolute Gasteiger partial charge is 0.431 e. The van der Waals surface area contributed by atoms with E-state index < -0.39 is 96.9 Å². The molecule has 0 aromatic carbocycles. The van der Waals surface area contributed by atoms with Gasteiger partial charge < -0.3 is 45.7 Å². The molecule has 4 rings (SSSR count). The fourth-order valence-electron chi connectivity index (χ4n) is 4.77. The number of hydrogen-bond acceptors (Lipinski definition) is 14. The van der Waals surface area contributed by atoms with Crippen LogP contribution in [0.3, 0.4) is 0 Å². The average molecular weight is 683 g/mol. The monoisotopic (exact) mass is 682 g/mol. The molecule has 0 amide bonds. The standard InChI is InChI=1S/C16H23F2N3O6.C11H15F2N3O4/c1-14(2,3)27-13(24)25-7-9-15(4,8-22)16(17,18)11(26-9)21-6-5-10(19)20-12(21)23;1-10(5-18)6(4-17)20-8(11(10,12)13)16-3-2-7(14)15-9(16)19/h5-6,9,11,22H,7-8H2,1-4H3,(H2,19,20,23);2-3,6,8,17-18H,4-5H2,1H3,(H2,14,15,19)/t9-,11+,15-;6-,8+,10-/m11/s1. The molecule has 2 aromatic heterocycles. The zero-order valence-corrected chi connectivity index (χ0v) is 26.1. The van der Waals surface area contributed by atoms with Crippen molar-refractivity contribution in [2.24, 2.45) is 10.8 Å². The topological polar surface area (TPSA) is 236 Å². The van der Waals surface area contributed by atoms with Gasteiger partial charge in [-0.3, -0.25) is 9.13 Å². The first-order chi connectivity index (χ1) is 21.6. The van der Waals surface area contributed by atoms with Crippen molar-refractivity contribution in [3.05, 3.63) is 45.5 Å². The maximum atomic E-state index is 15.0. The third kappa shape index (κ3) is 7.05. The van der Waals surface area contributed by atoms with E-state index in [1.54, 1.807) is 20.8 Å². The lowest BCUT2D eigenvalue weighted by Crippen LogP contribution is -2.48. The highest BCUT2D eigenvalue weighted by Crippen LogP contribution is 2.55. The van der Waals surface area contributed by atoms with Crippen LogP contribution in [0.5, 0.6) is 0 Å². The van der Waals surface area contributed by atoms with Gasteiger partial charge in [-0.05, 0) is 46.8 Å². The van der Waals surface area contributed by atoms with Gasteiger partial charge in [0, 0.05) is 12.4 Å². The van der Waals surface area contributed by atoms with Crippen LogP contribution in [0.25, 0.3) is 0 Å². The van der Waals surface area contributed by atoms with Crippen LogP contribution in [-0.4, -0.2) is 96.7 Å². The molecule has 0 spiro atoms. The van der Waals surface area contributed by atoms with Gasteiger partial charge in [0.25, 0.3) is 0 Å². The molecule has 264 valence electrons. The Kier molecular flexibility index (Phi) is 10.7. The molecule has 16 nitrogen and oxygen atoms in total. The molecular weight excluding hydrogens is 644 g/mol. The molecule has 0 aliphatic carbocycles. The first-order valence-electron chi connectivity index (χ1n) is 14.0. The molecule has 2 aliphatic rings. The Labute approximate surface area is 264 Å². The van der Waals surface area contributed by atoms with Gasteiger partial charge in [0.1, 0.15) is 29.9 Å². The summed E-state index contributed by atoms with van der Waals surface area (Å²) in [6, 6.07) is 2.35. The number of carbonyl (C=O) groups is 1. The summed E-state index contributed by atoms with van der Waals surface area (Å²) in [7, 11) is 0. The van der Waals surface area contributed by atoms with Crippen molar-refractivity contribution >= 4 is 17.8 Å². The summed E-state index contributed by atoms with van der Waals surface area (Å²) in [5.41, 5.74) is 3.67. The van der Waals surface area contributed by atoms with Gasteiger partial charge >= 0.3 is 29.4 Å². The van der Waals surface area contributed by atoms with Crippen LogP contribution in [0, 0.1) is 10.8 Å². The van der Waals surface area contributed by atoms with Crippen LogP contribution in [0.2, 0.25) is 0 Å². The Bertz CT molecular complexity index is 1550. The quantitative estimate of drug-likeness (QED) is 0.199. The molecule has 0 saturated carbocycles. The van der Waals surface area contributed by atoms with E-state index >= 15 is 0 Å². The van der Waals surface area contributed by atoms with Crippen LogP contribution in [-0.2, 0) is 18.9 Å². The molecule has 20 heteroatoms. The van der Waals surface area contributed by atoms with Crippen LogP contribution in [0.1, 0.15) is 47.1 Å². The number of halogens is 4. The molecule has 7 N–H and O–H groups in total. The molecule has 4 heterocycles. The highest BCUT2D eigenvalue weighted by molar-refractivity contribution is 5.60. The summed E-state index contributed by atoms with van der Waals surface area (Å²) in [6.45, 7) is 3.81. The minimum atomic E-state index is -3.68. The van der Waals surface area contributed by atoms with E-state index in [4.69, 9.17) is 35.5 Å². The zero-order valence-electron chi connectivity index (χ0n) is 26.1. The number of ether oxygens (including phenoxy) is 4. The summed E-state index contributed by atoms with van der Waals surface area (Å²) in [5.74, 6) is -7.48. The number of nitrogens with two attached hydrogens (primary N) is 2. The van der Waals surface area contributed by atoms with Crippen molar-refractivity contribution < 1.29 is 56.6 Å². The first kappa shape index (κ1) is 37.6. The fraction of sp³-hybridized carbons (Fsp3) is 0.667. The number of aromatic nitrogens is 4. The van der Waals surface area contributed by atoms with Gasteiger partial charge in [-0.1, -0.05) is 0 Å². The van der Waals surface area contributed by atoms with Crippen molar-refractivity contribution in [2.75, 3.05) is 37.9 Å². The van der Waals surface area contributed by atoms with Crippen molar-refractivity contribution in [3.8, 4) is 0 Å². The molecule has 0 unspecified atom stereocenters. The molecule has 47 heavy (non-hydrogen) atoms. The van der Waals surface area contributed by atoms with Crippen molar-refractivity contribution in [1.29, 1.82) is 0 Å². The van der Waals surface area contributed by atoms with Gasteiger partial charge in [0.2, 0.25) is 12.5 Å². The van der Waals surface area contributed by atoms with E-state index in [-0.39, 0.29) is 11.6 Å². The van der Waals surface area contributed by atoms with Crippen molar-refractivity contribution in [1.82, 2.24) is 19.1 Å². The summed E-state index contributed by atoms with van der Waals surface area (Å²) < 4.78 is 80.3. The number of alkyl halides is 4. The van der Waals surface area contributed by atoms with E-state index in [1.807, 2.05) is 0 Å². The van der Waals surface area contributed by atoms with Crippen LogP contribution < -0.4 is 22.8 Å². The molecule has 2 aromatic rings. The lowest BCUT2D eigenvalue weighted by atomic mass is 9.80. The van der Waals surface area contributed by atoms with Crippen LogP contribution in [0.15, 0.2) is 34.1 Å². The summed E-state index contributed by atoms with van der Waals surface area (Å²) in [6.07, 6.45) is -5.72. The van der Waals surface area contributed by atoms with E-state index in [9.17, 15) is 42.2 Å². The third-order valence-electron chi connectivity index (χ3n) is 7.92. The SMILES string of the molecule is CC(C)(C)OC(=O)OC[C@H]1O[C@H](n2ccc(N)nc2=O)C(F)(F)[C@]1(C)CO.C[C@@]1(CO)[C@@H](CO)O[C@H](n2ccc(N)nc2=O)C1(F)F. The normalized spacial score (nSPS) is 29.5. The van der Waals surface area contributed by atoms with Crippen LogP contribution in [0.4, 0.5) is 34.0 Å². The summed E-state index contributed by atoms with van der Waals surface area (Å²) in [5, 5.41) is 28.0. The van der Waals surface area contributed by atoms with Crippen molar-refractivity contribution in [3.63, 3.8) is 0 Å². The van der Waals surface area contributed by atoms with E-state index in [1.165, 1.54) is 12.1 Å². The number of aliphatic hydroxyl groups excluding tert-OH is 3. The fourth-order valence-corrected chi connectivity index (χ4v) is 4.77. The first-order valence-corrected chi connectivity index (χ1v) is 14.0. The van der Waals surface area contributed by atoms with Gasteiger partial charge in [-0.2, -0.15) is 9.97 Å².